The first-order valence-corrected chi connectivity index (χ1v) is 9.82. The lowest BCUT2D eigenvalue weighted by atomic mass is 10.2. The number of thioether (sulfide) groups is 1. The fraction of sp³-hybridized carbons (Fsp3) is 0.421. The van der Waals surface area contributed by atoms with Crippen LogP contribution in [0.3, 0.4) is 0 Å². The van der Waals surface area contributed by atoms with Crippen molar-refractivity contribution in [1.82, 2.24) is 4.90 Å². The molecular formula is C19H23NO4S2. The summed E-state index contributed by atoms with van der Waals surface area (Å²) in [6.45, 7) is 2.93. The molecule has 140 valence electrons. The predicted octanol–water partition coefficient (Wildman–Crippen LogP) is 4.02. The number of unbranched alkanes of at least 4 members (excludes halogenated alkanes) is 1. The molecule has 1 heterocycles. The number of carbonyl (C=O) groups is 2. The molecule has 7 heteroatoms. The van der Waals surface area contributed by atoms with Gasteiger partial charge in [0.05, 0.1) is 18.6 Å². The number of benzene rings is 1. The molecule has 1 fully saturated rings. The molecule has 0 N–H and O–H groups in total. The zero-order valence-corrected chi connectivity index (χ0v) is 16.7. The molecule has 0 aromatic heterocycles. The van der Waals surface area contributed by atoms with Gasteiger partial charge in [-0.15, -0.1) is 0 Å². The molecule has 26 heavy (non-hydrogen) atoms. The van der Waals surface area contributed by atoms with Gasteiger partial charge in [-0.2, -0.15) is 0 Å². The summed E-state index contributed by atoms with van der Waals surface area (Å²) in [6, 6.07) is 7.46. The van der Waals surface area contributed by atoms with Gasteiger partial charge in [0.15, 0.2) is 0 Å². The summed E-state index contributed by atoms with van der Waals surface area (Å²) < 4.78 is 10.8. The molecular weight excluding hydrogens is 370 g/mol. The van der Waals surface area contributed by atoms with Gasteiger partial charge in [0, 0.05) is 13.0 Å². The van der Waals surface area contributed by atoms with Gasteiger partial charge in [-0.1, -0.05) is 49.5 Å². The van der Waals surface area contributed by atoms with E-state index in [9.17, 15) is 9.59 Å². The summed E-state index contributed by atoms with van der Waals surface area (Å²) in [5, 5.41) is 0. The quantitative estimate of drug-likeness (QED) is 0.273. The third-order valence-corrected chi connectivity index (χ3v) is 5.19. The van der Waals surface area contributed by atoms with Crippen molar-refractivity contribution in [1.29, 1.82) is 0 Å². The number of amides is 1. The highest BCUT2D eigenvalue weighted by molar-refractivity contribution is 8.26. The first-order chi connectivity index (χ1) is 12.5. The van der Waals surface area contributed by atoms with Crippen LogP contribution < -0.4 is 4.74 Å². The Morgan fingerprint density at radius 1 is 1.27 bits per heavy atom. The third-order valence-electron chi connectivity index (χ3n) is 3.81. The zero-order valence-electron chi connectivity index (χ0n) is 15.0. The van der Waals surface area contributed by atoms with E-state index in [1.165, 1.54) is 11.8 Å². The second-order valence-corrected chi connectivity index (χ2v) is 7.46. The number of esters is 1. The normalized spacial score (nSPS) is 15.6. The van der Waals surface area contributed by atoms with E-state index in [2.05, 4.69) is 0 Å². The van der Waals surface area contributed by atoms with Crippen molar-refractivity contribution in [2.45, 2.75) is 32.6 Å². The Hall–Kier alpha value is -1.86. The van der Waals surface area contributed by atoms with Gasteiger partial charge in [0.25, 0.3) is 5.91 Å². The van der Waals surface area contributed by atoms with Crippen molar-refractivity contribution in [3.63, 3.8) is 0 Å². The lowest BCUT2D eigenvalue weighted by Crippen LogP contribution is -2.29. The molecule has 0 unspecified atom stereocenters. The molecule has 1 amide bonds. The largest absolute Gasteiger partial charge is 0.497 e. The average molecular weight is 394 g/mol. The zero-order chi connectivity index (χ0) is 18.9. The minimum absolute atomic E-state index is 0.116. The predicted molar refractivity (Wildman–Crippen MR) is 108 cm³/mol. The maximum Gasteiger partial charge on any atom is 0.305 e. The van der Waals surface area contributed by atoms with E-state index in [4.69, 9.17) is 21.7 Å². The molecule has 0 atom stereocenters. The Morgan fingerprint density at radius 3 is 2.65 bits per heavy atom. The van der Waals surface area contributed by atoms with E-state index >= 15 is 0 Å². The molecule has 1 aliphatic rings. The van der Waals surface area contributed by atoms with Crippen molar-refractivity contribution < 1.29 is 19.1 Å². The van der Waals surface area contributed by atoms with Crippen LogP contribution in [-0.2, 0) is 14.3 Å². The Kier molecular flexibility index (Phi) is 8.12. The Balaban J connectivity index is 1.87. The van der Waals surface area contributed by atoms with Crippen LogP contribution >= 0.6 is 24.0 Å². The summed E-state index contributed by atoms with van der Waals surface area (Å²) in [5.74, 6) is 0.424. The number of methoxy groups -OCH3 is 1. The smallest absolute Gasteiger partial charge is 0.305 e. The summed E-state index contributed by atoms with van der Waals surface area (Å²) in [7, 11) is 1.61. The van der Waals surface area contributed by atoms with Gasteiger partial charge in [-0.3, -0.25) is 14.5 Å². The average Bonchev–Trinajstić information content (AvgIpc) is 2.90. The molecule has 1 aromatic carbocycles. The standard InChI is InChI=1S/C19H23NO4S2/c1-3-4-12-24-17(21)6-5-11-20-18(22)16(26-19(20)25)13-14-7-9-15(23-2)10-8-14/h7-10,13H,3-6,11-12H2,1-2H3/b16-13-. The summed E-state index contributed by atoms with van der Waals surface area (Å²) >= 11 is 6.59. The van der Waals surface area contributed by atoms with Crippen molar-refractivity contribution in [3.8, 4) is 5.75 Å². The van der Waals surface area contributed by atoms with Crippen molar-refractivity contribution in [2.24, 2.45) is 0 Å². The van der Waals surface area contributed by atoms with Crippen LogP contribution in [0.15, 0.2) is 29.2 Å². The number of hydrogen-bond donors (Lipinski definition) is 0. The number of hydrogen-bond acceptors (Lipinski definition) is 6. The maximum absolute atomic E-state index is 12.5. The van der Waals surface area contributed by atoms with Crippen LogP contribution in [0, 0.1) is 0 Å². The van der Waals surface area contributed by atoms with Gasteiger partial charge >= 0.3 is 5.97 Å². The Morgan fingerprint density at radius 2 is 2.00 bits per heavy atom. The highest BCUT2D eigenvalue weighted by atomic mass is 32.2. The molecule has 0 aliphatic carbocycles. The molecule has 0 bridgehead atoms. The van der Waals surface area contributed by atoms with E-state index in [1.807, 2.05) is 37.3 Å². The molecule has 5 nitrogen and oxygen atoms in total. The lowest BCUT2D eigenvalue weighted by molar-refractivity contribution is -0.144. The minimum atomic E-state index is -0.224. The molecule has 0 saturated carbocycles. The summed E-state index contributed by atoms with van der Waals surface area (Å²) in [5.41, 5.74) is 0.908. The van der Waals surface area contributed by atoms with Crippen LogP contribution in [0.4, 0.5) is 0 Å². The lowest BCUT2D eigenvalue weighted by Gasteiger charge is -2.13. The molecule has 0 radical (unpaired) electrons. The van der Waals surface area contributed by atoms with E-state index in [-0.39, 0.29) is 18.3 Å². The van der Waals surface area contributed by atoms with Crippen molar-refractivity contribution in [2.75, 3.05) is 20.3 Å². The van der Waals surface area contributed by atoms with Crippen LogP contribution in [0.2, 0.25) is 0 Å². The number of nitrogens with zero attached hydrogens (tertiary/aromatic N) is 1. The maximum atomic E-state index is 12.5. The number of rotatable bonds is 9. The minimum Gasteiger partial charge on any atom is -0.497 e. The topological polar surface area (TPSA) is 55.8 Å². The van der Waals surface area contributed by atoms with Gasteiger partial charge in [-0.25, -0.2) is 0 Å². The van der Waals surface area contributed by atoms with Crippen LogP contribution in [0.1, 0.15) is 38.2 Å². The van der Waals surface area contributed by atoms with Crippen LogP contribution in [0.5, 0.6) is 5.75 Å². The highest BCUT2D eigenvalue weighted by Gasteiger charge is 2.31. The summed E-state index contributed by atoms with van der Waals surface area (Å²) in [6.07, 6.45) is 4.50. The Labute approximate surface area is 163 Å². The summed E-state index contributed by atoms with van der Waals surface area (Å²) in [4.78, 5) is 26.3. The van der Waals surface area contributed by atoms with E-state index in [0.717, 1.165) is 24.2 Å². The first-order valence-electron chi connectivity index (χ1n) is 8.60. The molecule has 1 aromatic rings. The Bertz CT molecular complexity index is 685. The van der Waals surface area contributed by atoms with Crippen molar-refractivity contribution >= 4 is 46.3 Å². The number of thiocarbonyl (C=S) groups is 1. The van der Waals surface area contributed by atoms with Crippen LogP contribution in [-0.4, -0.2) is 41.4 Å². The second kappa shape index (κ2) is 10.3. The van der Waals surface area contributed by atoms with Crippen molar-refractivity contribution in [3.05, 3.63) is 34.7 Å². The van der Waals surface area contributed by atoms with Gasteiger partial charge in [0.1, 0.15) is 10.1 Å². The van der Waals surface area contributed by atoms with Gasteiger partial charge in [-0.05, 0) is 36.6 Å². The molecule has 1 saturated heterocycles. The second-order valence-electron chi connectivity index (χ2n) is 5.78. The monoisotopic (exact) mass is 393 g/mol. The third kappa shape index (κ3) is 5.85. The fourth-order valence-electron chi connectivity index (χ4n) is 2.33. The number of ether oxygens (including phenoxy) is 2. The van der Waals surface area contributed by atoms with E-state index in [0.29, 0.717) is 28.8 Å². The van der Waals surface area contributed by atoms with E-state index < -0.39 is 0 Å². The van der Waals surface area contributed by atoms with Gasteiger partial charge < -0.3 is 9.47 Å². The molecule has 2 rings (SSSR count). The molecule has 0 spiro atoms. The first kappa shape index (κ1) is 20.5. The number of carbonyl (C=O) groups excluding carboxylic acids is 2. The SMILES string of the molecule is CCCCOC(=O)CCCN1C(=O)/C(=C/c2ccc(OC)cc2)SC1=S. The van der Waals surface area contributed by atoms with Crippen LogP contribution in [0.25, 0.3) is 6.08 Å². The van der Waals surface area contributed by atoms with E-state index in [1.54, 1.807) is 12.0 Å². The molecule has 1 aliphatic heterocycles. The fourth-order valence-corrected chi connectivity index (χ4v) is 3.64. The van der Waals surface area contributed by atoms with Gasteiger partial charge in [0.2, 0.25) is 0 Å². The highest BCUT2D eigenvalue weighted by Crippen LogP contribution is 2.32.